The van der Waals surface area contributed by atoms with E-state index in [0.717, 1.165) is 58.3 Å². The lowest BCUT2D eigenvalue weighted by molar-refractivity contribution is -0.521. The molecule has 0 bridgehead atoms. The molecule has 1 saturated carbocycles. The smallest absolute Gasteiger partial charge is 0.410 e. The number of halogens is 1. The standard InChI is InChI=1S/C24H37IN4O4/c1-24(2,3)31-23(30)27-13-8-18(9-14-27)10-15-29-32-22-16-20(25)4-5-21(22)28(33-29)17-19-6-11-26-12-7-19/h6-7,11-12,18,20-22H,4-5,8-10,13-17H2,1-3H3. The normalized spacial score (nSPS) is 27.9. The van der Waals surface area contributed by atoms with Crippen LogP contribution in [-0.4, -0.2) is 67.6 Å². The number of piperidine rings is 1. The number of hydroxylamine groups is 4. The molecule has 2 saturated heterocycles. The van der Waals surface area contributed by atoms with Gasteiger partial charge in [-0.2, -0.15) is 10.0 Å². The summed E-state index contributed by atoms with van der Waals surface area (Å²) in [5.74, 6) is 0.547. The van der Waals surface area contributed by atoms with Crippen molar-refractivity contribution >= 4 is 28.7 Å². The van der Waals surface area contributed by atoms with Crippen molar-refractivity contribution in [2.24, 2.45) is 5.92 Å². The zero-order chi connectivity index (χ0) is 23.4. The molecule has 3 atom stereocenters. The Bertz CT molecular complexity index is 769. The second-order valence-electron chi connectivity index (χ2n) is 10.4. The fourth-order valence-electron chi connectivity index (χ4n) is 4.78. The summed E-state index contributed by atoms with van der Waals surface area (Å²) in [6, 6.07) is 4.36. The highest BCUT2D eigenvalue weighted by molar-refractivity contribution is 14.1. The van der Waals surface area contributed by atoms with Crippen molar-refractivity contribution in [1.29, 1.82) is 0 Å². The maximum atomic E-state index is 12.3. The first kappa shape index (κ1) is 25.1. The molecular weight excluding hydrogens is 535 g/mol. The van der Waals surface area contributed by atoms with Crippen LogP contribution in [0.1, 0.15) is 64.9 Å². The quantitative estimate of drug-likeness (QED) is 0.373. The molecule has 33 heavy (non-hydrogen) atoms. The van der Waals surface area contributed by atoms with Crippen molar-refractivity contribution in [3.8, 4) is 0 Å². The monoisotopic (exact) mass is 572 g/mol. The van der Waals surface area contributed by atoms with E-state index in [4.69, 9.17) is 14.5 Å². The summed E-state index contributed by atoms with van der Waals surface area (Å²) >= 11 is 2.55. The van der Waals surface area contributed by atoms with Gasteiger partial charge in [0.15, 0.2) is 0 Å². The number of hydrogen-bond donors (Lipinski definition) is 0. The van der Waals surface area contributed by atoms with Crippen molar-refractivity contribution in [2.75, 3.05) is 19.6 Å². The Hall–Kier alpha value is -1.01. The maximum Gasteiger partial charge on any atom is 0.410 e. The Morgan fingerprint density at radius 3 is 2.61 bits per heavy atom. The number of alkyl halides is 1. The van der Waals surface area contributed by atoms with Gasteiger partial charge in [-0.25, -0.2) is 4.79 Å². The van der Waals surface area contributed by atoms with Gasteiger partial charge < -0.3 is 9.64 Å². The number of ether oxygens (including phenoxy) is 1. The zero-order valence-electron chi connectivity index (χ0n) is 20.0. The molecule has 0 aromatic carbocycles. The van der Waals surface area contributed by atoms with Gasteiger partial charge in [0.25, 0.3) is 0 Å². The number of pyridine rings is 1. The van der Waals surface area contributed by atoms with Crippen LogP contribution in [0.4, 0.5) is 4.79 Å². The molecule has 0 radical (unpaired) electrons. The molecular formula is C24H37IN4O4. The van der Waals surface area contributed by atoms with E-state index in [9.17, 15) is 4.79 Å². The number of carbonyl (C=O) groups excluding carboxylic acids is 1. The number of amides is 1. The van der Waals surface area contributed by atoms with E-state index in [1.54, 1.807) is 5.23 Å². The number of carbonyl (C=O) groups is 1. The number of fused-ring (bicyclic) bond motifs is 1. The van der Waals surface area contributed by atoms with Crippen LogP contribution in [0.15, 0.2) is 24.5 Å². The predicted octanol–water partition coefficient (Wildman–Crippen LogP) is 4.74. The number of hydrogen-bond acceptors (Lipinski definition) is 7. The Kier molecular flexibility index (Phi) is 8.48. The number of rotatable bonds is 5. The Labute approximate surface area is 210 Å². The molecule has 0 spiro atoms. The van der Waals surface area contributed by atoms with E-state index in [1.807, 2.05) is 50.2 Å². The summed E-state index contributed by atoms with van der Waals surface area (Å²) in [6.45, 7) is 8.67. The van der Waals surface area contributed by atoms with E-state index in [1.165, 1.54) is 12.0 Å². The average Bonchev–Trinajstić information content (AvgIpc) is 2.77. The lowest BCUT2D eigenvalue weighted by Crippen LogP contribution is -2.57. The lowest BCUT2D eigenvalue weighted by atomic mass is 9.91. The third-order valence-electron chi connectivity index (χ3n) is 6.59. The molecule has 3 unspecified atom stereocenters. The molecule has 1 aromatic heterocycles. The molecule has 3 aliphatic rings. The number of aromatic nitrogens is 1. The van der Waals surface area contributed by atoms with Gasteiger partial charge in [0.2, 0.25) is 0 Å². The molecule has 8 nitrogen and oxygen atoms in total. The summed E-state index contributed by atoms with van der Waals surface area (Å²) in [6.07, 6.45) is 9.88. The van der Waals surface area contributed by atoms with Crippen molar-refractivity contribution in [2.45, 2.75) is 87.5 Å². The SMILES string of the molecule is CC(C)(C)OC(=O)N1CCC(CCN2OC3CC(I)CCC3N(Cc3ccncc3)O2)CC1. The lowest BCUT2D eigenvalue weighted by Gasteiger charge is -2.47. The van der Waals surface area contributed by atoms with Gasteiger partial charge in [-0.1, -0.05) is 22.6 Å². The summed E-state index contributed by atoms with van der Waals surface area (Å²) in [5, 5.41) is 3.81. The Morgan fingerprint density at radius 2 is 1.91 bits per heavy atom. The van der Waals surface area contributed by atoms with Crippen LogP contribution in [0.2, 0.25) is 0 Å². The fourth-order valence-corrected chi connectivity index (χ4v) is 5.64. The molecule has 4 rings (SSSR count). The number of likely N-dealkylation sites (tertiary alicyclic amines) is 1. The maximum absolute atomic E-state index is 12.3. The molecule has 1 aliphatic carbocycles. The van der Waals surface area contributed by atoms with Crippen molar-refractivity contribution < 1.29 is 19.3 Å². The van der Waals surface area contributed by atoms with Crippen LogP contribution in [0, 0.1) is 5.92 Å². The summed E-state index contributed by atoms with van der Waals surface area (Å²) in [7, 11) is 0. The Morgan fingerprint density at radius 1 is 1.18 bits per heavy atom. The van der Waals surface area contributed by atoms with E-state index < -0.39 is 5.60 Å². The van der Waals surface area contributed by atoms with Crippen molar-refractivity contribution in [3.05, 3.63) is 30.1 Å². The van der Waals surface area contributed by atoms with Crippen LogP contribution in [0.5, 0.6) is 0 Å². The van der Waals surface area contributed by atoms with E-state index >= 15 is 0 Å². The molecule has 2 aliphatic heterocycles. The van der Waals surface area contributed by atoms with Crippen molar-refractivity contribution in [3.63, 3.8) is 0 Å². The minimum atomic E-state index is -0.451. The van der Waals surface area contributed by atoms with Crippen molar-refractivity contribution in [1.82, 2.24) is 20.2 Å². The second kappa shape index (κ2) is 11.2. The minimum absolute atomic E-state index is 0.158. The molecule has 3 fully saturated rings. The summed E-state index contributed by atoms with van der Waals surface area (Å²) in [4.78, 5) is 30.8. The van der Waals surface area contributed by atoms with Gasteiger partial charge in [-0.3, -0.25) is 9.82 Å². The average molecular weight is 572 g/mol. The van der Waals surface area contributed by atoms with Gasteiger partial charge in [-0.15, -0.1) is 0 Å². The zero-order valence-corrected chi connectivity index (χ0v) is 22.1. The first-order valence-corrected chi connectivity index (χ1v) is 13.4. The second-order valence-corrected chi connectivity index (χ2v) is 12.2. The molecule has 1 aromatic rings. The third kappa shape index (κ3) is 7.24. The summed E-state index contributed by atoms with van der Waals surface area (Å²) < 4.78 is 6.16. The number of nitrogens with zero attached hydrogens (tertiary/aromatic N) is 4. The van der Waals surface area contributed by atoms with E-state index in [2.05, 4.69) is 32.6 Å². The summed E-state index contributed by atoms with van der Waals surface area (Å²) in [5.41, 5.74) is 0.740. The van der Waals surface area contributed by atoms with Gasteiger partial charge in [0.05, 0.1) is 19.1 Å². The van der Waals surface area contributed by atoms with Crippen LogP contribution in [0.25, 0.3) is 0 Å². The molecule has 0 N–H and O–H groups in total. The highest BCUT2D eigenvalue weighted by Crippen LogP contribution is 2.35. The Balaban J connectivity index is 1.28. The molecule has 9 heteroatoms. The van der Waals surface area contributed by atoms with Gasteiger partial charge in [0, 0.05) is 29.4 Å². The molecule has 184 valence electrons. The highest BCUT2D eigenvalue weighted by Gasteiger charge is 2.41. The van der Waals surface area contributed by atoms with E-state index in [-0.39, 0.29) is 18.2 Å². The first-order valence-electron chi connectivity index (χ1n) is 12.2. The van der Waals surface area contributed by atoms with Crippen LogP contribution < -0.4 is 0 Å². The fraction of sp³-hybridized carbons (Fsp3) is 0.750. The van der Waals surface area contributed by atoms with Gasteiger partial charge >= 0.3 is 6.09 Å². The minimum Gasteiger partial charge on any atom is -0.444 e. The molecule has 1 amide bonds. The van der Waals surface area contributed by atoms with Gasteiger partial charge in [-0.05, 0) is 88.1 Å². The molecule has 3 heterocycles. The van der Waals surface area contributed by atoms with Crippen LogP contribution in [0.3, 0.4) is 0 Å². The first-order chi connectivity index (χ1) is 15.8. The van der Waals surface area contributed by atoms with Gasteiger partial charge in [0.1, 0.15) is 11.7 Å². The highest BCUT2D eigenvalue weighted by atomic mass is 127. The predicted molar refractivity (Wildman–Crippen MR) is 133 cm³/mol. The third-order valence-corrected chi connectivity index (χ3v) is 7.72. The largest absolute Gasteiger partial charge is 0.444 e. The van der Waals surface area contributed by atoms with E-state index in [0.29, 0.717) is 9.84 Å². The van der Waals surface area contributed by atoms with Crippen LogP contribution >= 0.6 is 22.6 Å². The van der Waals surface area contributed by atoms with Crippen LogP contribution in [-0.2, 0) is 21.1 Å². The topological polar surface area (TPSA) is 67.4 Å².